The van der Waals surface area contributed by atoms with E-state index in [1.165, 1.54) is 6.42 Å². The summed E-state index contributed by atoms with van der Waals surface area (Å²) in [6.07, 6.45) is 5.57. The van der Waals surface area contributed by atoms with Gasteiger partial charge in [-0.2, -0.15) is 0 Å². The zero-order valence-corrected chi connectivity index (χ0v) is 12.4. The minimum Gasteiger partial charge on any atom is -0.380 e. The van der Waals surface area contributed by atoms with Crippen molar-refractivity contribution in [3.8, 4) is 0 Å². The number of nitrogens with zero attached hydrogens (tertiary/aromatic N) is 1. The predicted octanol–water partition coefficient (Wildman–Crippen LogP) is 2.76. The molecule has 0 bridgehead atoms. The summed E-state index contributed by atoms with van der Waals surface area (Å²) in [5.41, 5.74) is 0.573. The fourth-order valence-corrected chi connectivity index (χ4v) is 2.35. The normalized spacial score (nSPS) is 15.0. The summed E-state index contributed by atoms with van der Waals surface area (Å²) in [6.45, 7) is 8.71. The average molecular weight is 268 g/mol. The molecule has 0 atom stereocenters. The highest BCUT2D eigenvalue weighted by Crippen LogP contribution is 2.23. The van der Waals surface area contributed by atoms with Crippen LogP contribution in [0.4, 0.5) is 11.4 Å². The number of piperidine rings is 1. The van der Waals surface area contributed by atoms with E-state index in [1.54, 1.807) is 0 Å². The molecule has 1 aromatic carbocycles. The Kier molecular flexibility index (Phi) is 6.60. The molecular weight excluding hydrogens is 240 g/mol. The van der Waals surface area contributed by atoms with Gasteiger partial charge in [0.05, 0.1) is 0 Å². The lowest BCUT2D eigenvalue weighted by atomic mass is 10.1. The van der Waals surface area contributed by atoms with Gasteiger partial charge in [0.1, 0.15) is 11.4 Å². The zero-order chi connectivity index (χ0) is 14.3. The van der Waals surface area contributed by atoms with Gasteiger partial charge >= 0.3 is 0 Å². The third-order valence-electron chi connectivity index (χ3n) is 3.39. The first-order valence-corrected chi connectivity index (χ1v) is 7.57. The topological polar surface area (TPSA) is 49.4 Å². The lowest BCUT2D eigenvalue weighted by Gasteiger charge is -2.30. The molecule has 2 rings (SSSR count). The SMILES string of the molecule is CC.CCCCNc1c(N2CCCCC2)c(=O)c1=O.[HH]. The maximum absolute atomic E-state index is 11.6. The van der Waals surface area contributed by atoms with Crippen molar-refractivity contribution >= 4 is 11.4 Å². The molecule has 0 saturated carbocycles. The molecule has 0 spiro atoms. The molecule has 1 aliphatic heterocycles. The summed E-state index contributed by atoms with van der Waals surface area (Å²) in [5.74, 6) is 0. The van der Waals surface area contributed by atoms with Crippen LogP contribution in [-0.4, -0.2) is 19.6 Å². The number of unbranched alkanes of at least 4 members (excludes halogenated alkanes) is 1. The van der Waals surface area contributed by atoms with Gasteiger partial charge in [0.15, 0.2) is 0 Å². The number of hydrogen-bond donors (Lipinski definition) is 1. The largest absolute Gasteiger partial charge is 0.380 e. The van der Waals surface area contributed by atoms with E-state index in [0.717, 1.165) is 45.3 Å². The van der Waals surface area contributed by atoms with Crippen LogP contribution >= 0.6 is 0 Å². The summed E-state index contributed by atoms with van der Waals surface area (Å²) >= 11 is 0. The number of hydrogen-bond acceptors (Lipinski definition) is 4. The van der Waals surface area contributed by atoms with E-state index < -0.39 is 0 Å². The van der Waals surface area contributed by atoms with E-state index >= 15 is 0 Å². The van der Waals surface area contributed by atoms with Crippen molar-refractivity contribution in [3.63, 3.8) is 0 Å². The third kappa shape index (κ3) is 3.58. The summed E-state index contributed by atoms with van der Waals surface area (Å²) in [5, 5.41) is 3.12. The van der Waals surface area contributed by atoms with Crippen molar-refractivity contribution in [1.82, 2.24) is 0 Å². The van der Waals surface area contributed by atoms with Crippen molar-refractivity contribution < 1.29 is 1.43 Å². The van der Waals surface area contributed by atoms with Crippen molar-refractivity contribution in [3.05, 3.63) is 20.4 Å². The van der Waals surface area contributed by atoms with Crippen LogP contribution in [0.15, 0.2) is 9.59 Å². The van der Waals surface area contributed by atoms with Crippen molar-refractivity contribution in [2.75, 3.05) is 29.9 Å². The van der Waals surface area contributed by atoms with Gasteiger partial charge in [-0.1, -0.05) is 27.2 Å². The number of nitrogens with one attached hydrogen (secondary N) is 1. The van der Waals surface area contributed by atoms with Crippen LogP contribution in [0.5, 0.6) is 0 Å². The summed E-state index contributed by atoms with van der Waals surface area (Å²) in [6, 6.07) is 0. The highest BCUT2D eigenvalue weighted by Gasteiger charge is 2.26. The predicted molar refractivity (Wildman–Crippen MR) is 84.3 cm³/mol. The number of rotatable bonds is 5. The van der Waals surface area contributed by atoms with Gasteiger partial charge in [-0.15, -0.1) is 0 Å². The molecule has 1 N–H and O–H groups in total. The van der Waals surface area contributed by atoms with E-state index in [9.17, 15) is 9.59 Å². The van der Waals surface area contributed by atoms with Gasteiger partial charge in [0.2, 0.25) is 0 Å². The third-order valence-corrected chi connectivity index (χ3v) is 3.39. The molecule has 4 nitrogen and oxygen atoms in total. The van der Waals surface area contributed by atoms with Crippen LogP contribution in [0.2, 0.25) is 0 Å². The fourth-order valence-electron chi connectivity index (χ4n) is 2.35. The minimum atomic E-state index is -0.332. The zero-order valence-electron chi connectivity index (χ0n) is 12.4. The van der Waals surface area contributed by atoms with Crippen LogP contribution in [0.3, 0.4) is 0 Å². The Morgan fingerprint density at radius 2 is 1.74 bits per heavy atom. The lowest BCUT2D eigenvalue weighted by molar-refractivity contribution is 0.576. The summed E-state index contributed by atoms with van der Waals surface area (Å²) < 4.78 is 0. The van der Waals surface area contributed by atoms with Crippen molar-refractivity contribution in [2.45, 2.75) is 52.9 Å². The van der Waals surface area contributed by atoms with Gasteiger partial charge in [-0.3, -0.25) is 9.59 Å². The smallest absolute Gasteiger partial charge is 0.253 e. The van der Waals surface area contributed by atoms with E-state index in [1.807, 2.05) is 13.8 Å². The maximum Gasteiger partial charge on any atom is 0.253 e. The second kappa shape index (κ2) is 7.97. The molecule has 0 aromatic heterocycles. The van der Waals surface area contributed by atoms with Gasteiger partial charge < -0.3 is 10.2 Å². The van der Waals surface area contributed by atoms with E-state index in [-0.39, 0.29) is 12.3 Å². The van der Waals surface area contributed by atoms with Crippen LogP contribution in [0.1, 0.15) is 54.3 Å². The number of anilines is 2. The van der Waals surface area contributed by atoms with Gasteiger partial charge in [-0.25, -0.2) is 0 Å². The molecule has 1 saturated heterocycles. The Balaban J connectivity index is 0.00000115. The second-order valence-electron chi connectivity index (χ2n) is 4.71. The van der Waals surface area contributed by atoms with Gasteiger partial charge in [-0.05, 0) is 25.7 Å². The molecular formula is C15H28N2O2. The Bertz CT molecular complexity index is 447. The van der Waals surface area contributed by atoms with E-state index in [0.29, 0.717) is 11.4 Å². The van der Waals surface area contributed by atoms with Crippen LogP contribution < -0.4 is 21.1 Å². The highest BCUT2D eigenvalue weighted by molar-refractivity contribution is 5.75. The first-order valence-electron chi connectivity index (χ1n) is 7.57. The molecule has 19 heavy (non-hydrogen) atoms. The van der Waals surface area contributed by atoms with E-state index in [4.69, 9.17) is 0 Å². The summed E-state index contributed by atoms with van der Waals surface area (Å²) in [4.78, 5) is 25.2. The first kappa shape index (κ1) is 15.7. The monoisotopic (exact) mass is 268 g/mol. The molecule has 0 amide bonds. The molecule has 0 radical (unpaired) electrons. The average Bonchev–Trinajstić information content (AvgIpc) is 2.49. The molecule has 1 fully saturated rings. The van der Waals surface area contributed by atoms with E-state index in [2.05, 4.69) is 17.1 Å². The Morgan fingerprint density at radius 1 is 1.11 bits per heavy atom. The molecule has 0 unspecified atom stereocenters. The van der Waals surface area contributed by atoms with Crippen molar-refractivity contribution in [2.24, 2.45) is 0 Å². The Labute approximate surface area is 117 Å². The van der Waals surface area contributed by atoms with Gasteiger partial charge in [0, 0.05) is 21.1 Å². The maximum atomic E-state index is 11.6. The Hall–Kier alpha value is -1.32. The second-order valence-corrected chi connectivity index (χ2v) is 4.71. The minimum absolute atomic E-state index is 0. The van der Waals surface area contributed by atoms with Gasteiger partial charge in [0.25, 0.3) is 10.9 Å². The standard InChI is InChI=1S/C13H20N2O2.C2H6.H2/c1-2-3-7-14-10-11(13(17)12(10)16)15-8-5-4-6-9-15;1-2;/h14H,2-9H2,1H3;1-2H3;1H. The lowest BCUT2D eigenvalue weighted by Crippen LogP contribution is -2.44. The molecule has 110 valence electrons. The first-order chi connectivity index (χ1) is 9.25. The molecule has 1 heterocycles. The fraction of sp³-hybridized carbons (Fsp3) is 0.733. The van der Waals surface area contributed by atoms with Crippen LogP contribution in [0, 0.1) is 0 Å². The highest BCUT2D eigenvalue weighted by atomic mass is 16.2. The van der Waals surface area contributed by atoms with Crippen LogP contribution in [-0.2, 0) is 0 Å². The molecule has 1 aliphatic rings. The molecule has 4 heteroatoms. The van der Waals surface area contributed by atoms with Crippen molar-refractivity contribution in [1.29, 1.82) is 0 Å². The Morgan fingerprint density at radius 3 is 2.32 bits per heavy atom. The molecule has 0 aliphatic carbocycles. The molecule has 1 aromatic rings. The summed E-state index contributed by atoms with van der Waals surface area (Å²) in [7, 11) is 0. The quantitative estimate of drug-likeness (QED) is 0.659. The van der Waals surface area contributed by atoms with Crippen LogP contribution in [0.25, 0.3) is 0 Å².